The van der Waals surface area contributed by atoms with Crippen molar-refractivity contribution in [1.29, 1.82) is 0 Å². The maximum Gasteiger partial charge on any atom is -0.0178 e. The van der Waals surface area contributed by atoms with E-state index < -0.39 is 0 Å². The zero-order valence-corrected chi connectivity index (χ0v) is 12.3. The van der Waals surface area contributed by atoms with Gasteiger partial charge in [-0.25, -0.2) is 0 Å². The van der Waals surface area contributed by atoms with Crippen molar-refractivity contribution in [2.45, 2.75) is 46.0 Å². The zero-order valence-electron chi connectivity index (χ0n) is 12.3. The number of unbranched alkanes of at least 4 members (excludes halogenated alkanes) is 1. The summed E-state index contributed by atoms with van der Waals surface area (Å²) in [6, 6.07) is 17.8. The Morgan fingerprint density at radius 3 is 2.26 bits per heavy atom. The summed E-state index contributed by atoms with van der Waals surface area (Å²) in [4.78, 5) is 0. The van der Waals surface area contributed by atoms with Crippen LogP contribution in [0.2, 0.25) is 0 Å². The highest BCUT2D eigenvalue weighted by Gasteiger charge is 2.06. The Labute approximate surface area is 117 Å². The molecule has 2 aromatic carbocycles. The molecule has 0 fully saturated rings. The van der Waals surface area contributed by atoms with Crippen LogP contribution in [0.15, 0.2) is 48.5 Å². The van der Waals surface area contributed by atoms with Crippen molar-refractivity contribution in [3.8, 4) is 11.1 Å². The molecular weight excluding hydrogens is 228 g/mol. The maximum atomic E-state index is 2.38. The van der Waals surface area contributed by atoms with E-state index in [4.69, 9.17) is 0 Å². The Balaban J connectivity index is 2.39. The van der Waals surface area contributed by atoms with Crippen molar-refractivity contribution in [3.63, 3.8) is 0 Å². The summed E-state index contributed by atoms with van der Waals surface area (Å²) >= 11 is 0. The molecule has 0 radical (unpaired) electrons. The van der Waals surface area contributed by atoms with Crippen LogP contribution in [0, 0.1) is 0 Å². The highest BCUT2D eigenvalue weighted by molar-refractivity contribution is 5.65. The lowest BCUT2D eigenvalue weighted by molar-refractivity contribution is 0.789. The van der Waals surface area contributed by atoms with E-state index in [1.165, 1.54) is 41.5 Å². The minimum absolute atomic E-state index is 0.587. The monoisotopic (exact) mass is 252 g/mol. The van der Waals surface area contributed by atoms with Gasteiger partial charge in [-0.15, -0.1) is 0 Å². The molecule has 19 heavy (non-hydrogen) atoms. The summed E-state index contributed by atoms with van der Waals surface area (Å²) in [6.45, 7) is 6.80. The van der Waals surface area contributed by atoms with E-state index in [0.717, 1.165) is 0 Å². The molecule has 0 nitrogen and oxygen atoms in total. The summed E-state index contributed by atoms with van der Waals surface area (Å²) in [5.41, 5.74) is 5.61. The molecular formula is C19H24. The summed E-state index contributed by atoms with van der Waals surface area (Å²) in [7, 11) is 0. The molecule has 0 N–H and O–H groups in total. The predicted octanol–water partition coefficient (Wildman–Crippen LogP) is 5.82. The second kappa shape index (κ2) is 6.56. The first kappa shape index (κ1) is 13.9. The van der Waals surface area contributed by atoms with E-state index >= 15 is 0 Å². The van der Waals surface area contributed by atoms with E-state index in [2.05, 4.69) is 69.3 Å². The quantitative estimate of drug-likeness (QED) is 0.629. The van der Waals surface area contributed by atoms with Gasteiger partial charge in [0, 0.05) is 0 Å². The van der Waals surface area contributed by atoms with E-state index in [0.29, 0.717) is 5.92 Å². The molecule has 0 aliphatic rings. The predicted molar refractivity (Wildman–Crippen MR) is 84.6 cm³/mol. The number of rotatable bonds is 5. The maximum absolute atomic E-state index is 2.38. The van der Waals surface area contributed by atoms with Crippen LogP contribution in [0.4, 0.5) is 0 Å². The van der Waals surface area contributed by atoms with Gasteiger partial charge >= 0.3 is 0 Å². The second-order valence-corrected chi connectivity index (χ2v) is 5.59. The van der Waals surface area contributed by atoms with Crippen LogP contribution in [-0.4, -0.2) is 0 Å². The van der Waals surface area contributed by atoms with Crippen molar-refractivity contribution in [2.75, 3.05) is 0 Å². The third kappa shape index (κ3) is 3.70. The van der Waals surface area contributed by atoms with Crippen LogP contribution in [-0.2, 0) is 6.42 Å². The molecule has 0 saturated carbocycles. The van der Waals surface area contributed by atoms with Crippen molar-refractivity contribution in [2.24, 2.45) is 0 Å². The lowest BCUT2D eigenvalue weighted by Crippen LogP contribution is -1.93. The molecule has 0 amide bonds. The summed E-state index contributed by atoms with van der Waals surface area (Å²) < 4.78 is 0. The van der Waals surface area contributed by atoms with Crippen LogP contribution in [0.5, 0.6) is 0 Å². The molecule has 0 unspecified atom stereocenters. The van der Waals surface area contributed by atoms with E-state index in [9.17, 15) is 0 Å². The Morgan fingerprint density at radius 2 is 1.63 bits per heavy atom. The van der Waals surface area contributed by atoms with Gasteiger partial charge in [0.2, 0.25) is 0 Å². The zero-order chi connectivity index (χ0) is 13.7. The molecule has 0 heteroatoms. The molecule has 0 spiro atoms. The Morgan fingerprint density at radius 1 is 0.895 bits per heavy atom. The van der Waals surface area contributed by atoms with Crippen molar-refractivity contribution in [3.05, 3.63) is 59.7 Å². The van der Waals surface area contributed by atoms with Gasteiger partial charge in [0.05, 0.1) is 0 Å². The third-order valence-corrected chi connectivity index (χ3v) is 3.61. The topological polar surface area (TPSA) is 0 Å². The number of aryl methyl sites for hydroxylation is 1. The van der Waals surface area contributed by atoms with Crippen molar-refractivity contribution >= 4 is 0 Å². The summed E-state index contributed by atoms with van der Waals surface area (Å²) in [5.74, 6) is 0.587. The van der Waals surface area contributed by atoms with E-state index in [1.54, 1.807) is 0 Å². The van der Waals surface area contributed by atoms with Gasteiger partial charge in [0.1, 0.15) is 0 Å². The molecule has 100 valence electrons. The molecule has 2 aromatic rings. The van der Waals surface area contributed by atoms with Gasteiger partial charge in [0.25, 0.3) is 0 Å². The van der Waals surface area contributed by atoms with Gasteiger partial charge in [-0.2, -0.15) is 0 Å². The normalized spacial score (nSPS) is 10.9. The first-order valence-corrected chi connectivity index (χ1v) is 7.40. The molecule has 0 aliphatic carbocycles. The highest BCUT2D eigenvalue weighted by Crippen LogP contribution is 2.26. The van der Waals surface area contributed by atoms with Gasteiger partial charge in [-0.1, -0.05) is 75.7 Å². The van der Waals surface area contributed by atoms with Gasteiger partial charge in [-0.05, 0) is 41.0 Å². The van der Waals surface area contributed by atoms with Crippen molar-refractivity contribution in [1.82, 2.24) is 0 Å². The third-order valence-electron chi connectivity index (χ3n) is 3.61. The molecule has 0 aromatic heterocycles. The van der Waals surface area contributed by atoms with Crippen LogP contribution < -0.4 is 0 Å². The van der Waals surface area contributed by atoms with Gasteiger partial charge in [0.15, 0.2) is 0 Å². The number of benzene rings is 2. The largest absolute Gasteiger partial charge is 0.0654 e. The summed E-state index contributed by atoms with van der Waals surface area (Å²) in [6.07, 6.45) is 3.72. The standard InChI is InChI=1S/C19H24/c1-4-5-9-16-12-18(15(2)3)14-19(13-16)17-10-7-6-8-11-17/h6-8,10-15H,4-5,9H2,1-3H3. The molecule has 0 atom stereocenters. The fourth-order valence-corrected chi connectivity index (χ4v) is 2.37. The van der Waals surface area contributed by atoms with Crippen LogP contribution >= 0.6 is 0 Å². The first-order valence-electron chi connectivity index (χ1n) is 7.40. The van der Waals surface area contributed by atoms with E-state index in [1.807, 2.05) is 0 Å². The SMILES string of the molecule is CCCCc1cc(-c2ccccc2)cc(C(C)C)c1. The van der Waals surface area contributed by atoms with Gasteiger partial charge in [-0.3, -0.25) is 0 Å². The fourth-order valence-electron chi connectivity index (χ4n) is 2.37. The van der Waals surface area contributed by atoms with Crippen molar-refractivity contribution < 1.29 is 0 Å². The molecule has 0 aliphatic heterocycles. The molecule has 0 bridgehead atoms. The minimum atomic E-state index is 0.587. The van der Waals surface area contributed by atoms with Crippen LogP contribution in [0.3, 0.4) is 0 Å². The number of hydrogen-bond acceptors (Lipinski definition) is 0. The van der Waals surface area contributed by atoms with Gasteiger partial charge < -0.3 is 0 Å². The first-order chi connectivity index (χ1) is 9.20. The Bertz CT molecular complexity index is 509. The minimum Gasteiger partial charge on any atom is -0.0654 e. The second-order valence-electron chi connectivity index (χ2n) is 5.59. The lowest BCUT2D eigenvalue weighted by atomic mass is 9.93. The van der Waals surface area contributed by atoms with Crippen LogP contribution in [0.1, 0.15) is 50.7 Å². The van der Waals surface area contributed by atoms with Crippen LogP contribution in [0.25, 0.3) is 11.1 Å². The van der Waals surface area contributed by atoms with E-state index in [-0.39, 0.29) is 0 Å². The Hall–Kier alpha value is -1.56. The highest BCUT2D eigenvalue weighted by atomic mass is 14.1. The molecule has 0 saturated heterocycles. The molecule has 2 rings (SSSR count). The fraction of sp³-hybridized carbons (Fsp3) is 0.368. The molecule has 0 heterocycles. The number of hydrogen-bond donors (Lipinski definition) is 0. The Kier molecular flexibility index (Phi) is 4.79. The average molecular weight is 252 g/mol. The smallest absolute Gasteiger partial charge is 0.0178 e. The average Bonchev–Trinajstić information content (AvgIpc) is 2.45. The summed E-state index contributed by atoms with van der Waals surface area (Å²) in [5, 5.41) is 0. The lowest BCUT2D eigenvalue weighted by Gasteiger charge is -2.12.